The van der Waals surface area contributed by atoms with Gasteiger partial charge in [-0.2, -0.15) is 13.2 Å². The van der Waals surface area contributed by atoms with Gasteiger partial charge in [0.05, 0.1) is 19.1 Å². The maximum Gasteiger partial charge on any atom is 0.416 e. The first-order valence-corrected chi connectivity index (χ1v) is 5.47. The monoisotopic (exact) mass is 286 g/mol. The summed E-state index contributed by atoms with van der Waals surface area (Å²) in [4.78, 5) is 11.1. The largest absolute Gasteiger partial charge is 0.462 e. The normalized spacial score (nSPS) is 11.4. The van der Waals surface area contributed by atoms with Crippen LogP contribution in [0.3, 0.4) is 0 Å². The average molecular weight is 286 g/mol. The summed E-state index contributed by atoms with van der Waals surface area (Å²) < 4.78 is 46.6. The molecule has 0 atom stereocenters. The van der Waals surface area contributed by atoms with E-state index in [1.165, 1.54) is 19.2 Å². The first-order chi connectivity index (χ1) is 9.40. The Kier molecular flexibility index (Phi) is 3.73. The molecule has 1 aromatic heterocycles. The zero-order valence-electron chi connectivity index (χ0n) is 10.3. The van der Waals surface area contributed by atoms with Crippen LogP contribution < -0.4 is 0 Å². The predicted molar refractivity (Wildman–Crippen MR) is 59.9 cm³/mol. The fraction of sp³-hybridized carbons (Fsp3) is 0.250. The van der Waals surface area contributed by atoms with Crippen LogP contribution in [0.5, 0.6) is 0 Å². The van der Waals surface area contributed by atoms with Gasteiger partial charge in [-0.15, -0.1) is 10.2 Å². The van der Waals surface area contributed by atoms with E-state index in [0.717, 1.165) is 12.1 Å². The third-order valence-corrected chi connectivity index (χ3v) is 2.46. The Morgan fingerprint density at radius 3 is 2.45 bits per heavy atom. The van der Waals surface area contributed by atoms with Crippen LogP contribution in [-0.2, 0) is 17.3 Å². The van der Waals surface area contributed by atoms with Crippen molar-refractivity contribution in [1.82, 2.24) is 10.2 Å². The van der Waals surface area contributed by atoms with Gasteiger partial charge in [0, 0.05) is 0 Å². The van der Waals surface area contributed by atoms with Crippen molar-refractivity contribution >= 4 is 5.97 Å². The molecule has 106 valence electrons. The van der Waals surface area contributed by atoms with Crippen molar-refractivity contribution in [3.05, 3.63) is 47.2 Å². The Morgan fingerprint density at radius 1 is 1.25 bits per heavy atom. The second kappa shape index (κ2) is 5.32. The molecular weight excluding hydrogens is 277 g/mol. The molecule has 0 aliphatic carbocycles. The van der Waals surface area contributed by atoms with Gasteiger partial charge in [-0.1, -0.05) is 12.1 Å². The Hall–Kier alpha value is -2.38. The molecule has 0 saturated carbocycles. The number of alkyl halides is 3. The molecule has 0 spiro atoms. The molecule has 0 radical (unpaired) electrons. The van der Waals surface area contributed by atoms with Crippen molar-refractivity contribution in [3.8, 4) is 0 Å². The Morgan fingerprint density at radius 2 is 1.90 bits per heavy atom. The third-order valence-electron chi connectivity index (χ3n) is 2.46. The molecule has 0 aliphatic heterocycles. The number of aromatic nitrogens is 2. The number of rotatable bonds is 3. The summed E-state index contributed by atoms with van der Waals surface area (Å²) in [5.74, 6) is -0.948. The van der Waals surface area contributed by atoms with Gasteiger partial charge in [0.2, 0.25) is 5.89 Å². The number of hydrogen-bond donors (Lipinski definition) is 0. The number of carbonyl (C=O) groups excluding carboxylic acids is 1. The summed E-state index contributed by atoms with van der Waals surface area (Å²) >= 11 is 0. The summed E-state index contributed by atoms with van der Waals surface area (Å²) in [7, 11) is 1.17. The van der Waals surface area contributed by atoms with E-state index in [0.29, 0.717) is 5.56 Å². The van der Waals surface area contributed by atoms with E-state index in [-0.39, 0.29) is 18.2 Å². The molecule has 8 heteroatoms. The molecule has 20 heavy (non-hydrogen) atoms. The van der Waals surface area contributed by atoms with Gasteiger partial charge in [0.15, 0.2) is 0 Å². The summed E-state index contributed by atoms with van der Waals surface area (Å²) in [6.45, 7) is 0. The van der Waals surface area contributed by atoms with Crippen LogP contribution in [0.4, 0.5) is 13.2 Å². The van der Waals surface area contributed by atoms with Crippen LogP contribution in [-0.4, -0.2) is 23.3 Å². The zero-order valence-corrected chi connectivity index (χ0v) is 10.3. The second-order valence-electron chi connectivity index (χ2n) is 3.86. The molecule has 1 aromatic carbocycles. The average Bonchev–Trinajstić information content (AvgIpc) is 2.86. The van der Waals surface area contributed by atoms with E-state index in [2.05, 4.69) is 14.9 Å². The number of halogens is 3. The minimum atomic E-state index is -4.37. The predicted octanol–water partition coefficient (Wildman–Crippen LogP) is 2.47. The van der Waals surface area contributed by atoms with Crippen LogP contribution >= 0.6 is 0 Å². The Bertz CT molecular complexity index is 605. The van der Waals surface area contributed by atoms with Crippen molar-refractivity contribution in [3.63, 3.8) is 0 Å². The molecule has 0 saturated heterocycles. The van der Waals surface area contributed by atoms with Crippen LogP contribution in [0.25, 0.3) is 0 Å². The van der Waals surface area contributed by atoms with E-state index in [4.69, 9.17) is 4.42 Å². The summed E-state index contributed by atoms with van der Waals surface area (Å²) in [6.07, 6.45) is -4.25. The molecule has 2 rings (SSSR count). The standard InChI is InChI=1S/C12H9F3N2O3/c1-19-11(18)10-17-16-9(20-10)6-7-2-4-8(5-3-7)12(13,14)15/h2-5H,6H2,1H3. The molecule has 0 N–H and O–H groups in total. The number of ether oxygens (including phenoxy) is 1. The van der Waals surface area contributed by atoms with E-state index in [9.17, 15) is 18.0 Å². The molecular formula is C12H9F3N2O3. The third kappa shape index (κ3) is 3.14. The van der Waals surface area contributed by atoms with Crippen LogP contribution in [0.2, 0.25) is 0 Å². The molecule has 0 amide bonds. The van der Waals surface area contributed by atoms with Gasteiger partial charge in [0.1, 0.15) is 0 Å². The van der Waals surface area contributed by atoms with Crippen molar-refractivity contribution < 1.29 is 27.1 Å². The lowest BCUT2D eigenvalue weighted by Gasteiger charge is -2.06. The highest BCUT2D eigenvalue weighted by molar-refractivity contribution is 5.83. The number of esters is 1. The molecule has 2 aromatic rings. The highest BCUT2D eigenvalue weighted by Crippen LogP contribution is 2.29. The lowest BCUT2D eigenvalue weighted by Crippen LogP contribution is -2.04. The lowest BCUT2D eigenvalue weighted by atomic mass is 10.1. The molecule has 0 unspecified atom stereocenters. The minimum Gasteiger partial charge on any atom is -0.462 e. The maximum atomic E-state index is 12.4. The number of benzene rings is 1. The van der Waals surface area contributed by atoms with Gasteiger partial charge in [-0.25, -0.2) is 4.79 Å². The molecule has 5 nitrogen and oxygen atoms in total. The number of nitrogens with zero attached hydrogens (tertiary/aromatic N) is 2. The summed E-state index contributed by atoms with van der Waals surface area (Å²) in [5.41, 5.74) is -0.180. The van der Waals surface area contributed by atoms with E-state index < -0.39 is 17.7 Å². The fourth-order valence-corrected chi connectivity index (χ4v) is 1.48. The van der Waals surface area contributed by atoms with E-state index >= 15 is 0 Å². The zero-order chi connectivity index (χ0) is 14.8. The number of hydrogen-bond acceptors (Lipinski definition) is 5. The van der Waals surface area contributed by atoms with Crippen LogP contribution in [0, 0.1) is 0 Å². The van der Waals surface area contributed by atoms with Crippen molar-refractivity contribution in [1.29, 1.82) is 0 Å². The quantitative estimate of drug-likeness (QED) is 0.811. The van der Waals surface area contributed by atoms with Crippen molar-refractivity contribution in [2.45, 2.75) is 12.6 Å². The second-order valence-corrected chi connectivity index (χ2v) is 3.86. The Balaban J connectivity index is 2.10. The van der Waals surface area contributed by atoms with E-state index in [1.807, 2.05) is 0 Å². The lowest BCUT2D eigenvalue weighted by molar-refractivity contribution is -0.137. The van der Waals surface area contributed by atoms with Gasteiger partial charge in [-0.05, 0) is 17.7 Å². The van der Waals surface area contributed by atoms with Crippen molar-refractivity contribution in [2.75, 3.05) is 7.11 Å². The van der Waals surface area contributed by atoms with E-state index in [1.54, 1.807) is 0 Å². The molecule has 0 bridgehead atoms. The van der Waals surface area contributed by atoms with Gasteiger partial charge in [0.25, 0.3) is 0 Å². The SMILES string of the molecule is COC(=O)c1nnc(Cc2ccc(C(F)(F)F)cc2)o1. The first kappa shape index (κ1) is 14.0. The van der Waals surface area contributed by atoms with Crippen molar-refractivity contribution in [2.24, 2.45) is 0 Å². The summed E-state index contributed by atoms with van der Waals surface area (Å²) in [5, 5.41) is 7.08. The van der Waals surface area contributed by atoms with Crippen LogP contribution in [0.1, 0.15) is 27.7 Å². The number of carbonyl (C=O) groups is 1. The first-order valence-electron chi connectivity index (χ1n) is 5.47. The highest BCUT2D eigenvalue weighted by Gasteiger charge is 2.30. The highest BCUT2D eigenvalue weighted by atomic mass is 19.4. The topological polar surface area (TPSA) is 65.2 Å². The number of methoxy groups -OCH3 is 1. The van der Waals surface area contributed by atoms with Gasteiger partial charge in [-0.3, -0.25) is 0 Å². The Labute approximate surface area is 111 Å². The molecule has 0 aliphatic rings. The maximum absolute atomic E-state index is 12.4. The van der Waals surface area contributed by atoms with Gasteiger partial charge >= 0.3 is 18.0 Å². The van der Waals surface area contributed by atoms with Crippen LogP contribution in [0.15, 0.2) is 28.7 Å². The minimum absolute atomic E-state index is 0.116. The molecule has 1 heterocycles. The fourth-order valence-electron chi connectivity index (χ4n) is 1.48. The molecule has 0 fully saturated rings. The summed E-state index contributed by atoms with van der Waals surface area (Å²) in [6, 6.07) is 4.55. The van der Waals surface area contributed by atoms with Gasteiger partial charge < -0.3 is 9.15 Å². The smallest absolute Gasteiger partial charge is 0.416 e.